The molecule has 0 aliphatic rings. The molecule has 4 nitrogen and oxygen atoms in total. The van der Waals surface area contributed by atoms with E-state index in [0.29, 0.717) is 10.1 Å². The Morgan fingerprint density at radius 3 is 2.90 bits per heavy atom. The van der Waals surface area contributed by atoms with Crippen LogP contribution in [0.5, 0.6) is 0 Å². The lowest BCUT2D eigenvalue weighted by molar-refractivity contribution is 0.570. The van der Waals surface area contributed by atoms with Crippen LogP contribution in [0.3, 0.4) is 0 Å². The summed E-state index contributed by atoms with van der Waals surface area (Å²) in [5.74, 6) is 0. The molecule has 2 aromatic rings. The molecule has 0 radical (unpaired) electrons. The first kappa shape index (κ1) is 16.3. The van der Waals surface area contributed by atoms with Gasteiger partial charge in [0.05, 0.1) is 16.4 Å². The van der Waals surface area contributed by atoms with Crippen LogP contribution in [0, 0.1) is 6.92 Å². The van der Waals surface area contributed by atoms with Gasteiger partial charge in [-0.05, 0) is 49.8 Å². The number of aryl methyl sites for hydroxylation is 2. The van der Waals surface area contributed by atoms with E-state index in [2.05, 4.69) is 31.7 Å². The summed E-state index contributed by atoms with van der Waals surface area (Å²) >= 11 is 14.7. The summed E-state index contributed by atoms with van der Waals surface area (Å²) in [5, 5.41) is 11.8. The van der Waals surface area contributed by atoms with E-state index in [1.807, 2.05) is 42.1 Å². The van der Waals surface area contributed by atoms with Crippen LogP contribution >= 0.6 is 39.7 Å². The number of anilines is 1. The third-order valence-corrected chi connectivity index (χ3v) is 3.86. The minimum atomic E-state index is 0.566. The van der Waals surface area contributed by atoms with E-state index in [9.17, 15) is 0 Å². The predicted molar refractivity (Wildman–Crippen MR) is 95.0 cm³/mol. The van der Waals surface area contributed by atoms with Crippen molar-refractivity contribution in [3.63, 3.8) is 0 Å². The first-order valence-electron chi connectivity index (χ1n) is 6.54. The van der Waals surface area contributed by atoms with Gasteiger partial charge in [0.2, 0.25) is 0 Å². The molecular weight excluding hydrogens is 372 g/mol. The topological polar surface area (TPSA) is 41.9 Å². The van der Waals surface area contributed by atoms with Crippen molar-refractivity contribution in [2.45, 2.75) is 19.9 Å². The van der Waals surface area contributed by atoms with Crippen molar-refractivity contribution in [3.8, 4) is 0 Å². The van der Waals surface area contributed by atoms with Crippen LogP contribution in [-0.4, -0.2) is 21.4 Å². The monoisotopic (exact) mass is 386 g/mol. The number of halogens is 2. The summed E-state index contributed by atoms with van der Waals surface area (Å²) in [6.45, 7) is 3.62. The minimum Gasteiger partial charge on any atom is -0.362 e. The molecule has 2 rings (SSSR count). The normalized spacial score (nSPS) is 10.4. The van der Waals surface area contributed by atoms with Gasteiger partial charge in [0.25, 0.3) is 0 Å². The lowest BCUT2D eigenvalue weighted by Gasteiger charge is -2.12. The van der Waals surface area contributed by atoms with Crippen molar-refractivity contribution in [2.75, 3.05) is 11.9 Å². The molecule has 1 aromatic carbocycles. The van der Waals surface area contributed by atoms with Gasteiger partial charge in [0.1, 0.15) is 0 Å². The number of nitrogens with one attached hydrogen (secondary N) is 2. The largest absolute Gasteiger partial charge is 0.362 e. The summed E-state index contributed by atoms with van der Waals surface area (Å²) in [7, 11) is 0. The van der Waals surface area contributed by atoms with Gasteiger partial charge in [0.15, 0.2) is 5.11 Å². The van der Waals surface area contributed by atoms with Gasteiger partial charge in [-0.1, -0.05) is 27.5 Å². The van der Waals surface area contributed by atoms with Gasteiger partial charge in [-0.2, -0.15) is 5.10 Å². The van der Waals surface area contributed by atoms with Crippen LogP contribution in [0.4, 0.5) is 5.69 Å². The number of hydrogen-bond acceptors (Lipinski definition) is 2. The number of nitrogens with zero attached hydrogens (tertiary/aromatic N) is 2. The Morgan fingerprint density at radius 1 is 1.43 bits per heavy atom. The van der Waals surface area contributed by atoms with E-state index < -0.39 is 0 Å². The second kappa shape index (κ2) is 7.77. The van der Waals surface area contributed by atoms with E-state index >= 15 is 0 Å². The highest BCUT2D eigenvalue weighted by molar-refractivity contribution is 9.10. The quantitative estimate of drug-likeness (QED) is 0.601. The lowest BCUT2D eigenvalue weighted by Crippen LogP contribution is -2.29. The summed E-state index contributed by atoms with van der Waals surface area (Å²) < 4.78 is 2.87. The number of hydrogen-bond donors (Lipinski definition) is 2. The maximum absolute atomic E-state index is 6.13. The first-order valence-corrected chi connectivity index (χ1v) is 8.12. The maximum Gasteiger partial charge on any atom is 0.170 e. The molecule has 0 saturated carbocycles. The summed E-state index contributed by atoms with van der Waals surface area (Å²) in [5.41, 5.74) is 1.82. The predicted octanol–water partition coefficient (Wildman–Crippen LogP) is 3.98. The number of benzene rings is 1. The van der Waals surface area contributed by atoms with E-state index in [1.54, 1.807) is 0 Å². The Morgan fingerprint density at radius 2 is 2.24 bits per heavy atom. The van der Waals surface area contributed by atoms with Crippen molar-refractivity contribution < 1.29 is 0 Å². The second-order valence-corrected chi connectivity index (χ2v) is 6.31. The molecule has 0 bridgehead atoms. The van der Waals surface area contributed by atoms with Crippen LogP contribution in [0.2, 0.25) is 5.02 Å². The van der Waals surface area contributed by atoms with Crippen molar-refractivity contribution in [2.24, 2.45) is 0 Å². The Hall–Kier alpha value is -1.11. The fourth-order valence-electron chi connectivity index (χ4n) is 1.79. The van der Waals surface area contributed by atoms with Crippen molar-refractivity contribution in [1.29, 1.82) is 0 Å². The van der Waals surface area contributed by atoms with Crippen LogP contribution < -0.4 is 10.6 Å². The van der Waals surface area contributed by atoms with Crippen molar-refractivity contribution in [3.05, 3.63) is 45.7 Å². The second-order valence-electron chi connectivity index (χ2n) is 4.58. The number of aromatic nitrogens is 2. The van der Waals surface area contributed by atoms with Gasteiger partial charge in [-0.25, -0.2) is 0 Å². The molecule has 0 aliphatic carbocycles. The molecule has 0 unspecified atom stereocenters. The van der Waals surface area contributed by atoms with Crippen LogP contribution in [0.1, 0.15) is 12.1 Å². The Bertz CT molecular complexity index is 629. The standard InChI is InChI=1S/C14H16BrClN4S/c1-10-5-8-20(19-10)7-2-6-17-14(21)18-13-4-3-11(15)9-12(13)16/h3-5,8-9H,2,6-7H2,1H3,(H2,17,18,21). The summed E-state index contributed by atoms with van der Waals surface area (Å²) in [6.07, 6.45) is 2.92. The third kappa shape index (κ3) is 5.30. The highest BCUT2D eigenvalue weighted by Gasteiger charge is 2.03. The highest BCUT2D eigenvalue weighted by Crippen LogP contribution is 2.25. The average molecular weight is 388 g/mol. The summed E-state index contributed by atoms with van der Waals surface area (Å²) in [4.78, 5) is 0. The highest BCUT2D eigenvalue weighted by atomic mass is 79.9. The third-order valence-electron chi connectivity index (χ3n) is 2.80. The Labute approximate surface area is 143 Å². The van der Waals surface area contributed by atoms with Gasteiger partial charge < -0.3 is 10.6 Å². The molecule has 21 heavy (non-hydrogen) atoms. The fraction of sp³-hybridized carbons (Fsp3) is 0.286. The Kier molecular flexibility index (Phi) is 6.02. The van der Waals surface area contributed by atoms with Crippen molar-refractivity contribution in [1.82, 2.24) is 15.1 Å². The van der Waals surface area contributed by atoms with Crippen LogP contribution in [0.25, 0.3) is 0 Å². The fourth-order valence-corrected chi connectivity index (χ4v) is 2.72. The molecule has 0 atom stereocenters. The maximum atomic E-state index is 6.13. The lowest BCUT2D eigenvalue weighted by atomic mass is 10.3. The van der Waals surface area contributed by atoms with E-state index in [4.69, 9.17) is 23.8 Å². The van der Waals surface area contributed by atoms with Crippen LogP contribution in [0.15, 0.2) is 34.9 Å². The summed E-state index contributed by atoms with van der Waals surface area (Å²) in [6, 6.07) is 7.62. The molecule has 0 spiro atoms. The molecule has 1 heterocycles. The zero-order chi connectivity index (χ0) is 15.2. The minimum absolute atomic E-state index is 0.566. The molecule has 112 valence electrons. The van der Waals surface area contributed by atoms with E-state index in [1.165, 1.54) is 0 Å². The molecule has 0 saturated heterocycles. The van der Waals surface area contributed by atoms with Gasteiger partial charge in [-0.3, -0.25) is 4.68 Å². The molecule has 1 aromatic heterocycles. The molecular formula is C14H16BrClN4S. The number of rotatable bonds is 5. The molecule has 0 fully saturated rings. The molecule has 0 amide bonds. The van der Waals surface area contributed by atoms with E-state index in [0.717, 1.165) is 35.4 Å². The van der Waals surface area contributed by atoms with E-state index in [-0.39, 0.29) is 0 Å². The molecule has 7 heteroatoms. The SMILES string of the molecule is Cc1ccn(CCCNC(=S)Nc2ccc(Br)cc2Cl)n1. The van der Waals surface area contributed by atoms with Crippen LogP contribution in [-0.2, 0) is 6.54 Å². The molecule has 0 aliphatic heterocycles. The number of thiocarbonyl (C=S) groups is 1. The Balaban J connectivity index is 1.72. The molecule has 2 N–H and O–H groups in total. The zero-order valence-corrected chi connectivity index (χ0v) is 14.7. The zero-order valence-electron chi connectivity index (χ0n) is 11.6. The smallest absolute Gasteiger partial charge is 0.170 e. The first-order chi connectivity index (χ1) is 10.0. The average Bonchev–Trinajstić information content (AvgIpc) is 2.84. The van der Waals surface area contributed by atoms with Crippen molar-refractivity contribution >= 4 is 50.5 Å². The van der Waals surface area contributed by atoms with Gasteiger partial charge in [0, 0.05) is 23.8 Å². The van der Waals surface area contributed by atoms with Gasteiger partial charge in [-0.15, -0.1) is 0 Å². The van der Waals surface area contributed by atoms with Gasteiger partial charge >= 0.3 is 0 Å².